The Balaban J connectivity index is 1.41. The zero-order valence-corrected chi connectivity index (χ0v) is 19.4. The molecular weight excluding hydrogens is 441 g/mol. The number of alkyl halides is 3. The summed E-state index contributed by atoms with van der Waals surface area (Å²) < 4.78 is 40.2. The highest BCUT2D eigenvalue weighted by atomic mass is 19.4. The Morgan fingerprint density at radius 3 is 2.59 bits per heavy atom. The van der Waals surface area contributed by atoms with Gasteiger partial charge in [0.15, 0.2) is 0 Å². The third-order valence-electron chi connectivity index (χ3n) is 7.32. The molecule has 2 aliphatic heterocycles. The lowest BCUT2D eigenvalue weighted by atomic mass is 9.78. The maximum atomic E-state index is 13.4. The van der Waals surface area contributed by atoms with Gasteiger partial charge in [0.1, 0.15) is 0 Å². The lowest BCUT2D eigenvalue weighted by Gasteiger charge is -2.47. The molecule has 5 rings (SSSR count). The van der Waals surface area contributed by atoms with Gasteiger partial charge in [0.2, 0.25) is 5.91 Å². The zero-order chi connectivity index (χ0) is 24.3. The number of rotatable bonds is 4. The van der Waals surface area contributed by atoms with Gasteiger partial charge < -0.3 is 15.1 Å². The number of amides is 1. The number of pyridine rings is 1. The standard InChI is InChI=1S/C26H27F3N4O/c1-16-19(5-4-6-21(16)26(27,28)29)17(2)31-23-9-11-30-22-8-7-18(13-20(22)23)33-14-25(15-33)10-12-32(3)24(25)34/h4-9,11,13,17H,10,12,14-15H2,1-3H3,(H,30,31)/t17-/m1/s1. The molecular formula is C26H27F3N4O. The molecule has 1 aromatic heterocycles. The van der Waals surface area contributed by atoms with E-state index in [-0.39, 0.29) is 22.9 Å². The predicted molar refractivity (Wildman–Crippen MR) is 127 cm³/mol. The van der Waals surface area contributed by atoms with Crippen LogP contribution in [0.2, 0.25) is 0 Å². The maximum absolute atomic E-state index is 13.4. The van der Waals surface area contributed by atoms with E-state index in [0.717, 1.165) is 41.3 Å². The van der Waals surface area contributed by atoms with Gasteiger partial charge in [-0.15, -0.1) is 0 Å². The van der Waals surface area contributed by atoms with Gasteiger partial charge in [-0.3, -0.25) is 9.78 Å². The fourth-order valence-corrected chi connectivity index (χ4v) is 5.35. The minimum atomic E-state index is -4.39. The second kappa shape index (κ2) is 7.89. The molecule has 1 amide bonds. The molecule has 2 fully saturated rings. The second-order valence-electron chi connectivity index (χ2n) is 9.56. The summed E-state index contributed by atoms with van der Waals surface area (Å²) in [6.07, 6.45) is -1.81. The quantitative estimate of drug-likeness (QED) is 0.557. The van der Waals surface area contributed by atoms with Gasteiger partial charge >= 0.3 is 6.18 Å². The molecule has 0 saturated carbocycles. The summed E-state index contributed by atoms with van der Waals surface area (Å²) in [5, 5.41) is 4.29. The Morgan fingerprint density at radius 2 is 1.91 bits per heavy atom. The van der Waals surface area contributed by atoms with Crippen LogP contribution in [-0.2, 0) is 11.0 Å². The lowest BCUT2D eigenvalue weighted by Crippen LogP contribution is -2.60. The summed E-state index contributed by atoms with van der Waals surface area (Å²) in [6.45, 7) is 5.57. The number of nitrogens with one attached hydrogen (secondary N) is 1. The number of aromatic nitrogens is 1. The molecule has 0 unspecified atom stereocenters. The van der Waals surface area contributed by atoms with E-state index in [1.54, 1.807) is 17.2 Å². The Labute approximate surface area is 196 Å². The average molecular weight is 469 g/mol. The van der Waals surface area contributed by atoms with Gasteiger partial charge in [-0.1, -0.05) is 12.1 Å². The first-order valence-corrected chi connectivity index (χ1v) is 11.4. The fourth-order valence-electron chi connectivity index (χ4n) is 5.35. The molecule has 2 aliphatic rings. The van der Waals surface area contributed by atoms with Crippen molar-refractivity contribution >= 4 is 28.2 Å². The number of halogens is 3. The van der Waals surface area contributed by atoms with Crippen LogP contribution in [0.15, 0.2) is 48.7 Å². The van der Waals surface area contributed by atoms with Gasteiger partial charge in [-0.2, -0.15) is 13.2 Å². The zero-order valence-electron chi connectivity index (χ0n) is 19.4. The summed E-state index contributed by atoms with van der Waals surface area (Å²) in [6, 6.07) is 11.8. The van der Waals surface area contributed by atoms with Crippen molar-refractivity contribution < 1.29 is 18.0 Å². The monoisotopic (exact) mass is 468 g/mol. The van der Waals surface area contributed by atoms with Crippen molar-refractivity contribution in [1.82, 2.24) is 9.88 Å². The smallest absolute Gasteiger partial charge is 0.378 e. The molecule has 2 saturated heterocycles. The van der Waals surface area contributed by atoms with E-state index in [1.807, 2.05) is 38.2 Å². The van der Waals surface area contributed by atoms with Crippen LogP contribution in [0.5, 0.6) is 0 Å². The first kappa shape index (κ1) is 22.5. The Bertz CT molecular complexity index is 1270. The van der Waals surface area contributed by atoms with Gasteiger partial charge in [-0.05, 0) is 61.7 Å². The SMILES string of the molecule is Cc1c([C@@H](C)Nc2ccnc3ccc(N4CC5(CCN(C)C5=O)C4)cc23)cccc1C(F)(F)F. The predicted octanol–water partition coefficient (Wildman–Crippen LogP) is 5.40. The molecule has 0 aliphatic carbocycles. The Hall–Kier alpha value is -3.29. The molecule has 3 aromatic rings. The topological polar surface area (TPSA) is 48.5 Å². The second-order valence-corrected chi connectivity index (χ2v) is 9.56. The number of nitrogens with zero attached hydrogens (tertiary/aromatic N) is 3. The molecule has 1 atom stereocenters. The summed E-state index contributed by atoms with van der Waals surface area (Å²) in [5.74, 6) is 0.221. The van der Waals surface area contributed by atoms with E-state index in [0.29, 0.717) is 18.7 Å². The Morgan fingerprint density at radius 1 is 1.15 bits per heavy atom. The lowest BCUT2D eigenvalue weighted by molar-refractivity contribution is -0.138. The first-order valence-electron chi connectivity index (χ1n) is 11.4. The van der Waals surface area contributed by atoms with Crippen LogP contribution < -0.4 is 10.2 Å². The molecule has 0 radical (unpaired) electrons. The summed E-state index contributed by atoms with van der Waals surface area (Å²) in [4.78, 5) is 21.0. The molecule has 34 heavy (non-hydrogen) atoms. The van der Waals surface area contributed by atoms with Crippen molar-refractivity contribution in [1.29, 1.82) is 0 Å². The minimum Gasteiger partial charge on any atom is -0.378 e. The van der Waals surface area contributed by atoms with E-state index in [9.17, 15) is 18.0 Å². The van der Waals surface area contributed by atoms with Crippen LogP contribution in [0.4, 0.5) is 24.5 Å². The average Bonchev–Trinajstić information content (AvgIpc) is 3.07. The number of hydrogen-bond donors (Lipinski definition) is 1. The number of likely N-dealkylation sites (tertiary alicyclic amines) is 1. The highest BCUT2D eigenvalue weighted by Crippen LogP contribution is 2.43. The van der Waals surface area contributed by atoms with Crippen molar-refractivity contribution in [3.8, 4) is 0 Å². The van der Waals surface area contributed by atoms with E-state index >= 15 is 0 Å². The highest BCUT2D eigenvalue weighted by Gasteiger charge is 2.53. The van der Waals surface area contributed by atoms with Crippen LogP contribution in [-0.4, -0.2) is 42.5 Å². The van der Waals surface area contributed by atoms with Crippen molar-refractivity contribution in [2.75, 3.05) is 36.9 Å². The van der Waals surface area contributed by atoms with Gasteiger partial charge in [0.05, 0.1) is 16.5 Å². The number of carbonyl (C=O) groups excluding carboxylic acids is 1. The van der Waals surface area contributed by atoms with Crippen LogP contribution >= 0.6 is 0 Å². The summed E-state index contributed by atoms with van der Waals surface area (Å²) in [5.41, 5.74) is 2.57. The molecule has 2 aromatic carbocycles. The fraction of sp³-hybridized carbons (Fsp3) is 0.385. The number of anilines is 2. The van der Waals surface area contributed by atoms with E-state index in [1.165, 1.54) is 13.0 Å². The molecule has 5 nitrogen and oxygen atoms in total. The van der Waals surface area contributed by atoms with Crippen molar-refractivity contribution in [2.24, 2.45) is 5.41 Å². The number of benzene rings is 2. The molecule has 3 heterocycles. The van der Waals surface area contributed by atoms with E-state index < -0.39 is 11.7 Å². The number of carbonyl (C=O) groups is 1. The first-order chi connectivity index (χ1) is 16.1. The van der Waals surface area contributed by atoms with Crippen molar-refractivity contribution in [3.05, 3.63) is 65.4 Å². The number of hydrogen-bond acceptors (Lipinski definition) is 4. The highest BCUT2D eigenvalue weighted by molar-refractivity contribution is 5.94. The maximum Gasteiger partial charge on any atom is 0.416 e. The van der Waals surface area contributed by atoms with Crippen LogP contribution in [0, 0.1) is 12.3 Å². The van der Waals surface area contributed by atoms with E-state index in [4.69, 9.17) is 0 Å². The third kappa shape index (κ3) is 3.65. The van der Waals surface area contributed by atoms with Crippen molar-refractivity contribution in [2.45, 2.75) is 32.5 Å². The minimum absolute atomic E-state index is 0.221. The summed E-state index contributed by atoms with van der Waals surface area (Å²) in [7, 11) is 1.85. The molecule has 1 spiro atoms. The molecule has 1 N–H and O–H groups in total. The van der Waals surface area contributed by atoms with Crippen LogP contribution in [0.25, 0.3) is 10.9 Å². The van der Waals surface area contributed by atoms with Crippen molar-refractivity contribution in [3.63, 3.8) is 0 Å². The molecule has 178 valence electrons. The molecule has 0 bridgehead atoms. The third-order valence-corrected chi connectivity index (χ3v) is 7.32. The largest absolute Gasteiger partial charge is 0.416 e. The molecule has 8 heteroatoms. The summed E-state index contributed by atoms with van der Waals surface area (Å²) >= 11 is 0. The van der Waals surface area contributed by atoms with Crippen LogP contribution in [0.3, 0.4) is 0 Å². The normalized spacial score (nSPS) is 18.5. The Kier molecular flexibility index (Phi) is 5.22. The van der Waals surface area contributed by atoms with Crippen LogP contribution in [0.1, 0.15) is 36.1 Å². The van der Waals surface area contributed by atoms with E-state index in [2.05, 4.69) is 15.2 Å². The number of fused-ring (bicyclic) bond motifs is 1. The van der Waals surface area contributed by atoms with Gasteiger partial charge in [0.25, 0.3) is 0 Å². The van der Waals surface area contributed by atoms with Gasteiger partial charge in [-0.25, -0.2) is 0 Å². The van der Waals surface area contributed by atoms with Gasteiger partial charge in [0, 0.05) is 55.7 Å².